The summed E-state index contributed by atoms with van der Waals surface area (Å²) in [5.41, 5.74) is 7.77. The van der Waals surface area contributed by atoms with E-state index >= 15 is 0 Å². The molecule has 0 saturated carbocycles. The Balaban J connectivity index is 1.10. The molecule has 0 aliphatic carbocycles. The van der Waals surface area contributed by atoms with Gasteiger partial charge in [0.05, 0.1) is 21.3 Å². The van der Waals surface area contributed by atoms with Crippen LogP contribution in [0.1, 0.15) is 0 Å². The zero-order valence-corrected chi connectivity index (χ0v) is 29.4. The van der Waals surface area contributed by atoms with Crippen molar-refractivity contribution in [2.45, 2.75) is 0 Å². The fourth-order valence-electron chi connectivity index (χ4n) is 7.44. The number of fused-ring (bicyclic) bond motifs is 6. The molecular formula is C46H27N7S. The first kappa shape index (κ1) is 30.5. The molecule has 0 atom stereocenters. The van der Waals surface area contributed by atoms with E-state index in [2.05, 4.69) is 114 Å². The van der Waals surface area contributed by atoms with Crippen LogP contribution in [0.5, 0.6) is 0 Å². The molecule has 8 heteroatoms. The summed E-state index contributed by atoms with van der Waals surface area (Å²) in [7, 11) is 0. The van der Waals surface area contributed by atoms with E-state index in [0.717, 1.165) is 70.6 Å². The molecule has 11 aromatic rings. The molecule has 0 saturated heterocycles. The number of nitrogens with zero attached hydrogens (tertiary/aromatic N) is 7. The average Bonchev–Trinajstić information content (AvgIpc) is 3.83. The van der Waals surface area contributed by atoms with Crippen LogP contribution in [0.2, 0.25) is 0 Å². The van der Waals surface area contributed by atoms with Crippen molar-refractivity contribution in [3.8, 4) is 50.7 Å². The minimum Gasteiger partial charge on any atom is -0.278 e. The quantitative estimate of drug-likeness (QED) is 0.177. The molecule has 54 heavy (non-hydrogen) atoms. The Kier molecular flexibility index (Phi) is 6.90. The number of para-hydroxylation sites is 2. The summed E-state index contributed by atoms with van der Waals surface area (Å²) in [6.07, 6.45) is 3.62. The van der Waals surface area contributed by atoms with Crippen LogP contribution in [-0.2, 0) is 0 Å². The first-order valence-electron chi connectivity index (χ1n) is 17.7. The number of benzene rings is 6. The minimum absolute atomic E-state index is 0.484. The van der Waals surface area contributed by atoms with Gasteiger partial charge in [-0.15, -0.1) is 11.3 Å². The van der Waals surface area contributed by atoms with Crippen molar-refractivity contribution in [3.05, 3.63) is 164 Å². The van der Waals surface area contributed by atoms with E-state index in [4.69, 9.17) is 29.9 Å². The van der Waals surface area contributed by atoms with Crippen LogP contribution in [0.25, 0.3) is 104 Å². The molecule has 0 fully saturated rings. The maximum absolute atomic E-state index is 5.18. The number of pyridine rings is 2. The van der Waals surface area contributed by atoms with Crippen LogP contribution < -0.4 is 0 Å². The second-order valence-corrected chi connectivity index (χ2v) is 14.2. The van der Waals surface area contributed by atoms with Crippen molar-refractivity contribution in [1.29, 1.82) is 0 Å². The smallest absolute Gasteiger partial charge is 0.238 e. The SMILES string of the molecule is c1ccc2c(-c3nc(-c4nccc5ccccc45)nc(-n4c5ccccc5c5cc(-c6ccc(-c7nc8ccccc8s7)cc6)ccc54)n3)nccc2c1. The second-order valence-electron chi connectivity index (χ2n) is 13.2. The van der Waals surface area contributed by atoms with E-state index < -0.39 is 0 Å². The van der Waals surface area contributed by atoms with E-state index in [-0.39, 0.29) is 0 Å². The van der Waals surface area contributed by atoms with Crippen molar-refractivity contribution in [2.75, 3.05) is 0 Å². The molecule has 0 radical (unpaired) electrons. The minimum atomic E-state index is 0.484. The van der Waals surface area contributed by atoms with E-state index in [0.29, 0.717) is 29.0 Å². The Morgan fingerprint density at radius 3 is 1.70 bits per heavy atom. The fraction of sp³-hybridized carbons (Fsp3) is 0. The van der Waals surface area contributed by atoms with Crippen molar-refractivity contribution in [1.82, 2.24) is 34.5 Å². The molecule has 5 aromatic heterocycles. The number of hydrogen-bond acceptors (Lipinski definition) is 7. The molecular weight excluding hydrogens is 683 g/mol. The van der Waals surface area contributed by atoms with Gasteiger partial charge in [0, 0.05) is 39.5 Å². The van der Waals surface area contributed by atoms with Gasteiger partial charge in [-0.25, -0.2) is 9.97 Å². The van der Waals surface area contributed by atoms with Gasteiger partial charge < -0.3 is 0 Å². The molecule has 7 nitrogen and oxygen atoms in total. The van der Waals surface area contributed by atoms with Crippen molar-refractivity contribution in [2.24, 2.45) is 0 Å². The number of hydrogen-bond donors (Lipinski definition) is 0. The van der Waals surface area contributed by atoms with E-state index in [9.17, 15) is 0 Å². The fourth-order valence-corrected chi connectivity index (χ4v) is 8.41. The third-order valence-electron chi connectivity index (χ3n) is 10.0. The van der Waals surface area contributed by atoms with Crippen molar-refractivity contribution in [3.63, 3.8) is 0 Å². The van der Waals surface area contributed by atoms with Gasteiger partial charge in [-0.3, -0.25) is 14.5 Å². The lowest BCUT2D eigenvalue weighted by Crippen LogP contribution is -2.07. The second kappa shape index (κ2) is 12.2. The number of thiazole rings is 1. The molecule has 6 aromatic carbocycles. The highest BCUT2D eigenvalue weighted by Crippen LogP contribution is 2.37. The largest absolute Gasteiger partial charge is 0.278 e. The van der Waals surface area contributed by atoms with Gasteiger partial charge in [0.15, 0.2) is 11.6 Å². The molecule has 5 heterocycles. The first-order chi connectivity index (χ1) is 26.7. The summed E-state index contributed by atoms with van der Waals surface area (Å²) in [5.74, 6) is 1.47. The molecule has 0 aliphatic rings. The molecule has 252 valence electrons. The van der Waals surface area contributed by atoms with Crippen LogP contribution >= 0.6 is 11.3 Å². The molecule has 0 spiro atoms. The highest BCUT2D eigenvalue weighted by molar-refractivity contribution is 7.21. The van der Waals surface area contributed by atoms with Gasteiger partial charge >= 0.3 is 0 Å². The molecule has 11 rings (SSSR count). The highest BCUT2D eigenvalue weighted by atomic mass is 32.1. The van der Waals surface area contributed by atoms with Crippen molar-refractivity contribution < 1.29 is 0 Å². The van der Waals surface area contributed by atoms with Crippen LogP contribution in [0.4, 0.5) is 0 Å². The van der Waals surface area contributed by atoms with Gasteiger partial charge in [0.25, 0.3) is 0 Å². The standard InChI is InChI=1S/C46H27N7S/c1-3-11-33-29(9-1)23-25-47-41(33)43-50-44(42-34-12-4-2-10-30(34)24-26-48-42)52-46(51-43)53-38-15-7-5-13-35(38)36-27-32(21-22-39(36)53)28-17-19-31(20-18-28)45-49-37-14-6-8-16-40(37)54-45/h1-27H. The highest BCUT2D eigenvalue weighted by Gasteiger charge is 2.21. The van der Waals surface area contributed by atoms with E-state index in [1.165, 1.54) is 4.70 Å². The summed E-state index contributed by atoms with van der Waals surface area (Å²) >= 11 is 1.72. The third kappa shape index (κ3) is 4.96. The predicted molar refractivity (Wildman–Crippen MR) is 220 cm³/mol. The third-order valence-corrected chi connectivity index (χ3v) is 11.1. The zero-order chi connectivity index (χ0) is 35.6. The maximum Gasteiger partial charge on any atom is 0.238 e. The lowest BCUT2D eigenvalue weighted by molar-refractivity contribution is 0.946. The molecule has 0 N–H and O–H groups in total. The van der Waals surface area contributed by atoms with Crippen LogP contribution in [0.15, 0.2) is 164 Å². The Morgan fingerprint density at radius 1 is 0.426 bits per heavy atom. The number of rotatable bonds is 5. The van der Waals surface area contributed by atoms with Gasteiger partial charge in [-0.05, 0) is 64.4 Å². The Morgan fingerprint density at radius 2 is 1.00 bits per heavy atom. The van der Waals surface area contributed by atoms with Gasteiger partial charge in [0.2, 0.25) is 5.95 Å². The van der Waals surface area contributed by atoms with Crippen LogP contribution in [-0.4, -0.2) is 34.5 Å². The lowest BCUT2D eigenvalue weighted by atomic mass is 10.0. The van der Waals surface area contributed by atoms with Gasteiger partial charge in [0.1, 0.15) is 16.4 Å². The average molecular weight is 710 g/mol. The van der Waals surface area contributed by atoms with E-state index in [1.807, 2.05) is 54.9 Å². The van der Waals surface area contributed by atoms with Gasteiger partial charge in [-0.2, -0.15) is 9.97 Å². The van der Waals surface area contributed by atoms with Crippen LogP contribution in [0.3, 0.4) is 0 Å². The normalized spacial score (nSPS) is 11.7. The summed E-state index contributed by atoms with van der Waals surface area (Å²) in [6, 6.07) is 52.4. The molecule has 0 unspecified atom stereocenters. The first-order valence-corrected chi connectivity index (χ1v) is 18.5. The Hall–Kier alpha value is -7.16. The molecule has 0 amide bonds. The summed E-state index contributed by atoms with van der Waals surface area (Å²) < 4.78 is 3.33. The van der Waals surface area contributed by atoms with Crippen molar-refractivity contribution >= 4 is 64.9 Å². The van der Waals surface area contributed by atoms with Crippen LogP contribution in [0, 0.1) is 0 Å². The molecule has 0 aliphatic heterocycles. The topological polar surface area (TPSA) is 82.3 Å². The Labute approximate surface area is 313 Å². The molecule has 0 bridgehead atoms. The lowest BCUT2D eigenvalue weighted by Gasteiger charge is -2.12. The van der Waals surface area contributed by atoms with E-state index in [1.54, 1.807) is 11.3 Å². The maximum atomic E-state index is 5.18. The predicted octanol–water partition coefficient (Wildman–Crippen LogP) is 11.3. The summed E-state index contributed by atoms with van der Waals surface area (Å²) in [6.45, 7) is 0. The number of aromatic nitrogens is 7. The Bertz CT molecular complexity index is 3100. The zero-order valence-electron chi connectivity index (χ0n) is 28.6. The summed E-state index contributed by atoms with van der Waals surface area (Å²) in [5, 5.41) is 7.29. The monoisotopic (exact) mass is 709 g/mol. The van der Waals surface area contributed by atoms with Gasteiger partial charge in [-0.1, -0.05) is 109 Å². The summed E-state index contributed by atoms with van der Waals surface area (Å²) in [4.78, 5) is 29.9.